The van der Waals surface area contributed by atoms with Crippen LogP contribution in [-0.2, 0) is 4.79 Å². The van der Waals surface area contributed by atoms with Crippen molar-refractivity contribution in [3.63, 3.8) is 0 Å². The summed E-state index contributed by atoms with van der Waals surface area (Å²) in [7, 11) is 0. The van der Waals surface area contributed by atoms with Gasteiger partial charge in [-0.25, -0.2) is 0 Å². The van der Waals surface area contributed by atoms with E-state index in [0.29, 0.717) is 6.54 Å². The fourth-order valence-corrected chi connectivity index (χ4v) is 2.78. The molecular weight excluding hydrogens is 332 g/mol. The van der Waals surface area contributed by atoms with E-state index in [9.17, 15) is 14.9 Å². The minimum Gasteiger partial charge on any atom is -0.479 e. The van der Waals surface area contributed by atoms with Crippen molar-refractivity contribution in [2.24, 2.45) is 0 Å². The number of amides is 1. The minimum absolute atomic E-state index is 0.108. The highest BCUT2D eigenvalue weighted by Crippen LogP contribution is 2.29. The predicted molar refractivity (Wildman–Crippen MR) is 92.4 cm³/mol. The molecule has 7 heteroatoms. The van der Waals surface area contributed by atoms with Gasteiger partial charge in [-0.15, -0.1) is 0 Å². The molecule has 0 saturated carbocycles. The van der Waals surface area contributed by atoms with Crippen molar-refractivity contribution in [3.8, 4) is 5.75 Å². The number of rotatable bonds is 7. The number of ether oxygens (including phenoxy) is 1. The van der Waals surface area contributed by atoms with Crippen LogP contribution in [0.15, 0.2) is 29.8 Å². The van der Waals surface area contributed by atoms with Crippen molar-refractivity contribution in [2.75, 3.05) is 6.54 Å². The fraction of sp³-hybridized carbons (Fsp3) is 0.471. The van der Waals surface area contributed by atoms with Gasteiger partial charge in [0.15, 0.2) is 6.10 Å². The Bertz CT molecular complexity index is 645. The fourth-order valence-electron chi connectivity index (χ4n) is 2.56. The summed E-state index contributed by atoms with van der Waals surface area (Å²) in [5, 5.41) is 13.6. The van der Waals surface area contributed by atoms with Crippen LogP contribution >= 0.6 is 11.6 Å². The third-order valence-corrected chi connectivity index (χ3v) is 4.22. The number of nitro benzene ring substituents is 1. The van der Waals surface area contributed by atoms with E-state index in [2.05, 4.69) is 11.4 Å². The van der Waals surface area contributed by atoms with Crippen molar-refractivity contribution in [1.29, 1.82) is 0 Å². The third-order valence-electron chi connectivity index (χ3n) is 3.93. The molecule has 1 aliphatic carbocycles. The van der Waals surface area contributed by atoms with Gasteiger partial charge < -0.3 is 10.1 Å². The van der Waals surface area contributed by atoms with Crippen molar-refractivity contribution < 1.29 is 14.5 Å². The molecule has 0 aliphatic heterocycles. The van der Waals surface area contributed by atoms with Crippen LogP contribution < -0.4 is 10.1 Å². The molecule has 1 amide bonds. The Morgan fingerprint density at radius 1 is 1.46 bits per heavy atom. The largest absolute Gasteiger partial charge is 0.479 e. The van der Waals surface area contributed by atoms with Crippen molar-refractivity contribution in [3.05, 3.63) is 45.0 Å². The van der Waals surface area contributed by atoms with E-state index in [4.69, 9.17) is 16.3 Å². The van der Waals surface area contributed by atoms with E-state index < -0.39 is 11.0 Å². The topological polar surface area (TPSA) is 81.5 Å². The third kappa shape index (κ3) is 5.23. The molecule has 24 heavy (non-hydrogen) atoms. The van der Waals surface area contributed by atoms with Gasteiger partial charge in [0.1, 0.15) is 5.75 Å². The van der Waals surface area contributed by atoms with E-state index in [-0.39, 0.29) is 22.4 Å². The van der Waals surface area contributed by atoms with Crippen LogP contribution in [0.4, 0.5) is 5.69 Å². The number of nitro groups is 1. The molecule has 1 aromatic carbocycles. The standard InChI is InChI=1S/C17H21ClN2O4/c1-12(17(21)19-10-9-13-5-3-2-4-6-13)24-16-8-7-14(20(22)23)11-15(16)18/h5,7-8,11-12H,2-4,6,9-10H2,1H3,(H,19,21)/t12-/m0/s1. The number of carbonyl (C=O) groups is 1. The highest BCUT2D eigenvalue weighted by Gasteiger charge is 2.17. The van der Waals surface area contributed by atoms with E-state index in [1.807, 2.05) is 0 Å². The molecule has 0 bridgehead atoms. The van der Waals surface area contributed by atoms with Gasteiger partial charge in [-0.2, -0.15) is 0 Å². The first-order valence-electron chi connectivity index (χ1n) is 8.03. The van der Waals surface area contributed by atoms with Gasteiger partial charge >= 0.3 is 0 Å². The number of hydrogen-bond donors (Lipinski definition) is 1. The highest BCUT2D eigenvalue weighted by atomic mass is 35.5. The lowest BCUT2D eigenvalue weighted by Crippen LogP contribution is -2.37. The first kappa shape index (κ1) is 18.3. The smallest absolute Gasteiger partial charge is 0.271 e. The van der Waals surface area contributed by atoms with Gasteiger partial charge in [0.25, 0.3) is 11.6 Å². The van der Waals surface area contributed by atoms with Crippen molar-refractivity contribution in [1.82, 2.24) is 5.32 Å². The van der Waals surface area contributed by atoms with Gasteiger partial charge in [-0.1, -0.05) is 23.3 Å². The highest BCUT2D eigenvalue weighted by molar-refractivity contribution is 6.32. The van der Waals surface area contributed by atoms with Crippen LogP contribution in [0.1, 0.15) is 39.0 Å². The van der Waals surface area contributed by atoms with E-state index in [1.165, 1.54) is 36.6 Å². The SMILES string of the molecule is C[C@H](Oc1ccc([N+](=O)[O-])cc1Cl)C(=O)NCCC1=CCCCC1. The zero-order valence-corrected chi connectivity index (χ0v) is 14.3. The van der Waals surface area contributed by atoms with E-state index in [0.717, 1.165) is 19.3 Å². The molecule has 2 rings (SSSR count). The van der Waals surface area contributed by atoms with Crippen LogP contribution in [0, 0.1) is 10.1 Å². The van der Waals surface area contributed by atoms with Gasteiger partial charge in [-0.05, 0) is 45.1 Å². The first-order valence-corrected chi connectivity index (χ1v) is 8.41. The molecule has 1 aliphatic rings. The van der Waals surface area contributed by atoms with Crippen molar-refractivity contribution in [2.45, 2.75) is 45.1 Å². The molecular formula is C17H21ClN2O4. The number of nitrogens with zero attached hydrogens (tertiary/aromatic N) is 1. The molecule has 130 valence electrons. The number of halogens is 1. The average molecular weight is 353 g/mol. The Kier molecular flexibility index (Phi) is 6.61. The number of carbonyl (C=O) groups excluding carboxylic acids is 1. The van der Waals surface area contributed by atoms with Crippen LogP contribution in [-0.4, -0.2) is 23.5 Å². The first-order chi connectivity index (χ1) is 11.5. The van der Waals surface area contributed by atoms with Crippen LogP contribution in [0.25, 0.3) is 0 Å². The van der Waals surface area contributed by atoms with Crippen molar-refractivity contribution >= 4 is 23.2 Å². The number of hydrogen-bond acceptors (Lipinski definition) is 4. The summed E-state index contributed by atoms with van der Waals surface area (Å²) < 4.78 is 5.50. The molecule has 1 atom stereocenters. The zero-order valence-electron chi connectivity index (χ0n) is 13.6. The normalized spacial score (nSPS) is 15.3. The molecule has 0 spiro atoms. The summed E-state index contributed by atoms with van der Waals surface area (Å²) in [6, 6.07) is 3.90. The summed E-state index contributed by atoms with van der Waals surface area (Å²) in [6.45, 7) is 2.19. The maximum absolute atomic E-state index is 12.1. The van der Waals surface area contributed by atoms with Gasteiger partial charge in [0.2, 0.25) is 0 Å². The van der Waals surface area contributed by atoms with Crippen LogP contribution in [0.5, 0.6) is 5.75 Å². The Hall–Kier alpha value is -2.08. The number of non-ortho nitro benzene ring substituents is 1. The van der Waals surface area contributed by atoms with Gasteiger partial charge in [0, 0.05) is 18.7 Å². The number of benzene rings is 1. The summed E-state index contributed by atoms with van der Waals surface area (Å²) in [5.74, 6) is 0.0146. The van der Waals surface area contributed by atoms with E-state index in [1.54, 1.807) is 6.92 Å². The average Bonchev–Trinajstić information content (AvgIpc) is 2.57. The lowest BCUT2D eigenvalue weighted by Gasteiger charge is -2.17. The molecule has 0 fully saturated rings. The lowest BCUT2D eigenvalue weighted by atomic mass is 9.97. The molecule has 1 aromatic rings. The predicted octanol–water partition coefficient (Wildman–Crippen LogP) is 4.02. The molecule has 1 N–H and O–H groups in total. The molecule has 0 unspecified atom stereocenters. The zero-order chi connectivity index (χ0) is 17.5. The monoisotopic (exact) mass is 352 g/mol. The van der Waals surface area contributed by atoms with Crippen LogP contribution in [0.2, 0.25) is 5.02 Å². The molecule has 0 heterocycles. The Morgan fingerprint density at radius 3 is 2.88 bits per heavy atom. The number of nitrogens with one attached hydrogen (secondary N) is 1. The number of allylic oxidation sites excluding steroid dienone is 1. The van der Waals surface area contributed by atoms with Gasteiger partial charge in [0.05, 0.1) is 9.95 Å². The Balaban J connectivity index is 1.82. The minimum atomic E-state index is -0.732. The summed E-state index contributed by atoms with van der Waals surface area (Å²) in [5.41, 5.74) is 1.28. The Morgan fingerprint density at radius 2 is 2.25 bits per heavy atom. The maximum atomic E-state index is 12.1. The van der Waals surface area contributed by atoms with E-state index >= 15 is 0 Å². The maximum Gasteiger partial charge on any atom is 0.271 e. The van der Waals surface area contributed by atoms with Gasteiger partial charge in [-0.3, -0.25) is 14.9 Å². The second-order valence-electron chi connectivity index (χ2n) is 5.78. The van der Waals surface area contributed by atoms with Crippen LogP contribution in [0.3, 0.4) is 0 Å². The second-order valence-corrected chi connectivity index (χ2v) is 6.19. The molecule has 6 nitrogen and oxygen atoms in total. The second kappa shape index (κ2) is 8.68. The lowest BCUT2D eigenvalue weighted by molar-refractivity contribution is -0.384. The molecule has 0 saturated heterocycles. The molecule has 0 radical (unpaired) electrons. The summed E-state index contributed by atoms with van der Waals surface area (Å²) in [4.78, 5) is 22.2. The Labute approximate surface area is 146 Å². The summed E-state index contributed by atoms with van der Waals surface area (Å²) >= 11 is 5.96. The summed E-state index contributed by atoms with van der Waals surface area (Å²) in [6.07, 6.45) is 7.09. The molecule has 0 aromatic heterocycles. The quantitative estimate of drug-likeness (QED) is 0.456.